The quantitative estimate of drug-likeness (QED) is 0.546. The molecule has 0 aliphatic carbocycles. The first kappa shape index (κ1) is 19.4. The maximum atomic E-state index is 5.88. The van der Waals surface area contributed by atoms with Crippen molar-refractivity contribution in [2.75, 3.05) is 20.3 Å². The van der Waals surface area contributed by atoms with Crippen LogP contribution in [0.3, 0.4) is 0 Å². The Morgan fingerprint density at radius 3 is 2.69 bits per heavy atom. The zero-order valence-electron chi connectivity index (χ0n) is 16.8. The second-order valence-corrected chi connectivity index (χ2v) is 6.89. The van der Waals surface area contributed by atoms with Crippen molar-refractivity contribution in [3.8, 4) is 11.5 Å². The molecule has 0 radical (unpaired) electrons. The van der Waals surface area contributed by atoms with Crippen molar-refractivity contribution in [3.05, 3.63) is 48.1 Å². The van der Waals surface area contributed by atoms with Crippen LogP contribution in [0, 0.1) is 0 Å². The highest BCUT2D eigenvalue weighted by molar-refractivity contribution is 5.31. The SMILES string of the molecule is CCOc1ccc(OCc2nc(C3CCc4ncnn4C3)n(CCOC)n2)cc1. The first-order valence-corrected chi connectivity index (χ1v) is 9.91. The Labute approximate surface area is 169 Å². The van der Waals surface area contributed by atoms with Gasteiger partial charge in [-0.15, -0.1) is 0 Å². The summed E-state index contributed by atoms with van der Waals surface area (Å²) in [5, 5.41) is 8.98. The maximum absolute atomic E-state index is 5.88. The minimum absolute atomic E-state index is 0.243. The number of benzene rings is 1. The largest absolute Gasteiger partial charge is 0.494 e. The van der Waals surface area contributed by atoms with Crippen LogP contribution in [0.15, 0.2) is 30.6 Å². The molecule has 2 aromatic heterocycles. The van der Waals surface area contributed by atoms with Gasteiger partial charge in [0.25, 0.3) is 0 Å². The summed E-state index contributed by atoms with van der Waals surface area (Å²) in [7, 11) is 1.69. The van der Waals surface area contributed by atoms with Gasteiger partial charge in [0, 0.05) is 19.4 Å². The molecule has 9 heteroatoms. The maximum Gasteiger partial charge on any atom is 0.188 e. The summed E-state index contributed by atoms with van der Waals surface area (Å²) in [6, 6.07) is 7.57. The fourth-order valence-corrected chi connectivity index (χ4v) is 3.50. The number of rotatable bonds is 9. The van der Waals surface area contributed by atoms with Crippen LogP contribution in [-0.4, -0.2) is 49.9 Å². The van der Waals surface area contributed by atoms with Gasteiger partial charge in [0.1, 0.15) is 36.1 Å². The van der Waals surface area contributed by atoms with Gasteiger partial charge in [-0.1, -0.05) is 0 Å². The monoisotopic (exact) mass is 398 g/mol. The van der Waals surface area contributed by atoms with Crippen molar-refractivity contribution in [2.45, 2.75) is 45.4 Å². The van der Waals surface area contributed by atoms with Crippen LogP contribution in [-0.2, 0) is 30.9 Å². The molecule has 0 saturated carbocycles. The molecule has 0 bridgehead atoms. The van der Waals surface area contributed by atoms with Crippen molar-refractivity contribution in [3.63, 3.8) is 0 Å². The van der Waals surface area contributed by atoms with E-state index >= 15 is 0 Å². The van der Waals surface area contributed by atoms with E-state index in [9.17, 15) is 0 Å². The smallest absolute Gasteiger partial charge is 0.188 e. The van der Waals surface area contributed by atoms with E-state index in [1.54, 1.807) is 13.4 Å². The molecular formula is C20H26N6O3. The zero-order chi connectivity index (χ0) is 20.1. The van der Waals surface area contributed by atoms with E-state index in [2.05, 4.69) is 15.2 Å². The van der Waals surface area contributed by atoms with Gasteiger partial charge in [-0.25, -0.2) is 19.3 Å². The molecule has 1 aliphatic rings. The molecular weight excluding hydrogens is 372 g/mol. The van der Waals surface area contributed by atoms with Gasteiger partial charge >= 0.3 is 0 Å². The molecule has 3 heterocycles. The van der Waals surface area contributed by atoms with Crippen molar-refractivity contribution in [1.29, 1.82) is 0 Å². The summed E-state index contributed by atoms with van der Waals surface area (Å²) >= 11 is 0. The van der Waals surface area contributed by atoms with Crippen LogP contribution in [0.25, 0.3) is 0 Å². The lowest BCUT2D eigenvalue weighted by Crippen LogP contribution is -2.23. The van der Waals surface area contributed by atoms with Crippen LogP contribution < -0.4 is 9.47 Å². The predicted octanol–water partition coefficient (Wildman–Crippen LogP) is 2.22. The fourth-order valence-electron chi connectivity index (χ4n) is 3.50. The van der Waals surface area contributed by atoms with Crippen molar-refractivity contribution in [2.24, 2.45) is 0 Å². The molecule has 154 valence electrons. The highest BCUT2D eigenvalue weighted by Crippen LogP contribution is 2.27. The van der Waals surface area contributed by atoms with E-state index in [-0.39, 0.29) is 5.92 Å². The van der Waals surface area contributed by atoms with E-state index < -0.39 is 0 Å². The van der Waals surface area contributed by atoms with Gasteiger partial charge < -0.3 is 14.2 Å². The third-order valence-corrected chi connectivity index (χ3v) is 4.92. The van der Waals surface area contributed by atoms with Crippen LogP contribution >= 0.6 is 0 Å². The Balaban J connectivity index is 1.46. The average molecular weight is 398 g/mol. The topological polar surface area (TPSA) is 89.1 Å². The number of aromatic nitrogens is 6. The number of hydrogen-bond acceptors (Lipinski definition) is 7. The Morgan fingerprint density at radius 2 is 1.93 bits per heavy atom. The molecule has 1 atom stereocenters. The lowest BCUT2D eigenvalue weighted by molar-refractivity contribution is 0.180. The van der Waals surface area contributed by atoms with Gasteiger partial charge in [0.15, 0.2) is 5.82 Å². The molecule has 1 unspecified atom stereocenters. The molecule has 29 heavy (non-hydrogen) atoms. The number of hydrogen-bond donors (Lipinski definition) is 0. The lowest BCUT2D eigenvalue weighted by Gasteiger charge is -2.22. The molecule has 0 saturated heterocycles. The molecule has 3 aromatic rings. The average Bonchev–Trinajstić information content (AvgIpc) is 3.38. The molecule has 0 amide bonds. The van der Waals surface area contributed by atoms with E-state index in [0.29, 0.717) is 32.2 Å². The Hall–Kier alpha value is -2.94. The van der Waals surface area contributed by atoms with Gasteiger partial charge in [0.2, 0.25) is 0 Å². The minimum atomic E-state index is 0.243. The van der Waals surface area contributed by atoms with Crippen molar-refractivity contribution in [1.82, 2.24) is 29.5 Å². The third kappa shape index (κ3) is 4.56. The van der Waals surface area contributed by atoms with Crippen LogP contribution in [0.2, 0.25) is 0 Å². The van der Waals surface area contributed by atoms with Gasteiger partial charge in [0.05, 0.1) is 26.3 Å². The van der Waals surface area contributed by atoms with Crippen molar-refractivity contribution < 1.29 is 14.2 Å². The van der Waals surface area contributed by atoms with E-state index in [1.165, 1.54) is 0 Å². The number of ether oxygens (including phenoxy) is 3. The summed E-state index contributed by atoms with van der Waals surface area (Å²) in [6.45, 7) is 4.91. The van der Waals surface area contributed by atoms with Crippen LogP contribution in [0.1, 0.15) is 36.7 Å². The summed E-state index contributed by atoms with van der Waals surface area (Å²) in [6.07, 6.45) is 3.48. The standard InChI is InChI=1S/C20H26N6O3/c1-3-28-16-5-7-17(8-6-16)29-13-18-23-20(25(24-18)10-11-27-2)15-4-9-19-21-14-22-26(19)12-15/h5-8,14-15H,3-4,9-13H2,1-2H3. The molecule has 9 nitrogen and oxygen atoms in total. The molecule has 0 spiro atoms. The minimum Gasteiger partial charge on any atom is -0.494 e. The van der Waals surface area contributed by atoms with Crippen LogP contribution in [0.4, 0.5) is 0 Å². The Kier molecular flexibility index (Phi) is 6.04. The second-order valence-electron chi connectivity index (χ2n) is 6.89. The summed E-state index contributed by atoms with van der Waals surface area (Å²) in [5.74, 6) is 4.47. The van der Waals surface area contributed by atoms with Crippen molar-refractivity contribution >= 4 is 0 Å². The number of fused-ring (bicyclic) bond motifs is 1. The molecule has 4 rings (SSSR count). The Bertz CT molecular complexity index is 921. The van der Waals surface area contributed by atoms with Crippen LogP contribution in [0.5, 0.6) is 11.5 Å². The summed E-state index contributed by atoms with van der Waals surface area (Å²) in [4.78, 5) is 9.09. The molecule has 0 N–H and O–H groups in total. The normalized spacial score (nSPS) is 15.9. The number of methoxy groups -OCH3 is 1. The number of nitrogens with zero attached hydrogens (tertiary/aromatic N) is 6. The van der Waals surface area contributed by atoms with E-state index in [0.717, 1.165) is 42.5 Å². The zero-order valence-corrected chi connectivity index (χ0v) is 16.8. The first-order chi connectivity index (χ1) is 14.3. The highest BCUT2D eigenvalue weighted by Gasteiger charge is 2.26. The number of aryl methyl sites for hydroxylation is 1. The van der Waals surface area contributed by atoms with Gasteiger partial charge in [-0.05, 0) is 37.6 Å². The molecule has 0 fully saturated rings. The molecule has 1 aromatic carbocycles. The van der Waals surface area contributed by atoms with Gasteiger partial charge in [-0.3, -0.25) is 0 Å². The highest BCUT2D eigenvalue weighted by atomic mass is 16.5. The third-order valence-electron chi connectivity index (χ3n) is 4.92. The molecule has 1 aliphatic heterocycles. The predicted molar refractivity (Wildman–Crippen MR) is 105 cm³/mol. The summed E-state index contributed by atoms with van der Waals surface area (Å²) in [5.41, 5.74) is 0. The first-order valence-electron chi connectivity index (χ1n) is 9.91. The summed E-state index contributed by atoms with van der Waals surface area (Å²) < 4.78 is 20.5. The Morgan fingerprint density at radius 1 is 1.14 bits per heavy atom. The fraction of sp³-hybridized carbons (Fsp3) is 0.500. The van der Waals surface area contributed by atoms with E-state index in [4.69, 9.17) is 19.2 Å². The lowest BCUT2D eigenvalue weighted by atomic mass is 9.99. The van der Waals surface area contributed by atoms with E-state index in [1.807, 2.05) is 40.6 Å². The van der Waals surface area contributed by atoms with Gasteiger partial charge in [-0.2, -0.15) is 10.2 Å². The second kappa shape index (κ2) is 9.04.